The molecule has 130 valence electrons. The van der Waals surface area contributed by atoms with Crippen LogP contribution in [0, 0.1) is 6.92 Å². The lowest BCUT2D eigenvalue weighted by atomic mass is 10.2. The zero-order valence-corrected chi connectivity index (χ0v) is 16.0. The zero-order valence-electron chi connectivity index (χ0n) is 14.4. The van der Waals surface area contributed by atoms with Crippen LogP contribution in [0.25, 0.3) is 10.6 Å². The maximum atomic E-state index is 12.3. The lowest BCUT2D eigenvalue weighted by molar-refractivity contribution is -0.133. The summed E-state index contributed by atoms with van der Waals surface area (Å²) in [6.45, 7) is 8.31. The van der Waals surface area contributed by atoms with Gasteiger partial charge in [-0.15, -0.1) is 11.3 Å². The summed E-state index contributed by atoms with van der Waals surface area (Å²) in [4.78, 5) is 18.0. The van der Waals surface area contributed by atoms with E-state index in [0.717, 1.165) is 21.1 Å². The molecule has 2 rings (SSSR count). The topological polar surface area (TPSA) is 51.2 Å². The molecule has 2 unspecified atom stereocenters. The van der Waals surface area contributed by atoms with Gasteiger partial charge >= 0.3 is 0 Å². The molecule has 0 radical (unpaired) electrons. The molecule has 2 atom stereocenters. The molecule has 1 heterocycles. The number of hydrogen-bond acceptors (Lipinski definition) is 4. The number of aromatic nitrogens is 1. The largest absolute Gasteiger partial charge is 0.369 e. The van der Waals surface area contributed by atoms with Crippen molar-refractivity contribution in [1.82, 2.24) is 10.3 Å². The second-order valence-corrected chi connectivity index (χ2v) is 7.03. The first-order valence-electron chi connectivity index (χ1n) is 8.11. The van der Waals surface area contributed by atoms with Crippen LogP contribution in [-0.2, 0) is 9.53 Å². The third-order valence-electron chi connectivity index (χ3n) is 3.71. The molecule has 0 fully saturated rings. The number of halogens is 1. The monoisotopic (exact) mass is 366 g/mol. The number of nitrogens with one attached hydrogen (secondary N) is 1. The van der Waals surface area contributed by atoms with E-state index >= 15 is 0 Å². The van der Waals surface area contributed by atoms with Gasteiger partial charge in [-0.25, -0.2) is 4.98 Å². The SMILES string of the molecule is CCOC(CC)C(=O)NC(C)c1sc(-c2ccc(Cl)cc2)nc1C. The van der Waals surface area contributed by atoms with E-state index in [1.54, 1.807) is 11.3 Å². The molecule has 2 aromatic rings. The summed E-state index contributed by atoms with van der Waals surface area (Å²) in [5.74, 6) is -0.0762. The van der Waals surface area contributed by atoms with Crippen molar-refractivity contribution in [3.05, 3.63) is 39.9 Å². The van der Waals surface area contributed by atoms with Gasteiger partial charge in [-0.1, -0.05) is 30.7 Å². The molecule has 1 aromatic carbocycles. The van der Waals surface area contributed by atoms with Crippen LogP contribution < -0.4 is 5.32 Å². The molecule has 0 bridgehead atoms. The number of ether oxygens (including phenoxy) is 1. The molecule has 0 aliphatic rings. The summed E-state index contributed by atoms with van der Waals surface area (Å²) in [7, 11) is 0. The highest BCUT2D eigenvalue weighted by Crippen LogP contribution is 2.32. The molecule has 0 saturated carbocycles. The molecule has 24 heavy (non-hydrogen) atoms. The average molecular weight is 367 g/mol. The van der Waals surface area contributed by atoms with Crippen LogP contribution in [0.5, 0.6) is 0 Å². The fraction of sp³-hybridized carbons (Fsp3) is 0.444. The maximum absolute atomic E-state index is 12.3. The van der Waals surface area contributed by atoms with E-state index in [0.29, 0.717) is 18.1 Å². The number of hydrogen-bond donors (Lipinski definition) is 1. The molecular weight excluding hydrogens is 344 g/mol. The standard InChI is InChI=1S/C18H23ClN2O2S/c1-5-15(23-6-2)17(22)20-11(3)16-12(4)21-18(24-16)13-7-9-14(19)10-8-13/h7-11,15H,5-6H2,1-4H3,(H,20,22). The second kappa shape index (κ2) is 8.60. The molecule has 0 spiro atoms. The minimum Gasteiger partial charge on any atom is -0.369 e. The van der Waals surface area contributed by atoms with E-state index in [1.165, 1.54) is 0 Å². The van der Waals surface area contributed by atoms with E-state index < -0.39 is 6.10 Å². The third-order valence-corrected chi connectivity index (χ3v) is 5.35. The van der Waals surface area contributed by atoms with Crippen LogP contribution in [0.2, 0.25) is 5.02 Å². The van der Waals surface area contributed by atoms with Gasteiger partial charge in [0.2, 0.25) is 5.91 Å². The van der Waals surface area contributed by atoms with Crippen LogP contribution in [0.4, 0.5) is 0 Å². The van der Waals surface area contributed by atoms with Gasteiger partial charge in [-0.3, -0.25) is 4.79 Å². The highest BCUT2D eigenvalue weighted by molar-refractivity contribution is 7.15. The van der Waals surface area contributed by atoms with Crippen molar-refractivity contribution >= 4 is 28.8 Å². The smallest absolute Gasteiger partial charge is 0.249 e. The minimum atomic E-state index is -0.401. The number of nitrogens with zero attached hydrogens (tertiary/aromatic N) is 1. The number of rotatable bonds is 7. The van der Waals surface area contributed by atoms with Gasteiger partial charge in [0.05, 0.1) is 16.6 Å². The second-order valence-electron chi connectivity index (χ2n) is 5.56. The summed E-state index contributed by atoms with van der Waals surface area (Å²) in [6.07, 6.45) is 0.255. The Morgan fingerprint density at radius 3 is 2.58 bits per heavy atom. The van der Waals surface area contributed by atoms with Crippen molar-refractivity contribution < 1.29 is 9.53 Å². The Morgan fingerprint density at radius 1 is 1.33 bits per heavy atom. The molecule has 1 N–H and O–H groups in total. The minimum absolute atomic E-state index is 0.0762. The van der Waals surface area contributed by atoms with Crippen LogP contribution in [0.15, 0.2) is 24.3 Å². The maximum Gasteiger partial charge on any atom is 0.249 e. The summed E-state index contributed by atoms with van der Waals surface area (Å²) < 4.78 is 5.47. The van der Waals surface area contributed by atoms with Crippen LogP contribution >= 0.6 is 22.9 Å². The Kier molecular flexibility index (Phi) is 6.78. The van der Waals surface area contributed by atoms with E-state index in [1.807, 2.05) is 52.0 Å². The summed E-state index contributed by atoms with van der Waals surface area (Å²) >= 11 is 7.53. The Bertz CT molecular complexity index is 685. The number of carbonyl (C=O) groups excluding carboxylic acids is 1. The lowest BCUT2D eigenvalue weighted by Crippen LogP contribution is -2.37. The Labute approximate surface area is 152 Å². The van der Waals surface area contributed by atoms with Crippen LogP contribution in [0.3, 0.4) is 0 Å². The zero-order chi connectivity index (χ0) is 17.7. The summed E-state index contributed by atoms with van der Waals surface area (Å²) in [6, 6.07) is 7.51. The number of carbonyl (C=O) groups is 1. The van der Waals surface area contributed by atoms with Crippen molar-refractivity contribution in [3.8, 4) is 10.6 Å². The Hall–Kier alpha value is -1.43. The fourth-order valence-corrected chi connectivity index (χ4v) is 3.68. The van der Waals surface area contributed by atoms with Crippen molar-refractivity contribution in [2.45, 2.75) is 46.3 Å². The molecule has 1 aromatic heterocycles. The average Bonchev–Trinajstić information content (AvgIpc) is 2.95. The van der Waals surface area contributed by atoms with Gasteiger partial charge in [0.25, 0.3) is 0 Å². The number of thiazole rings is 1. The van der Waals surface area contributed by atoms with Crippen molar-refractivity contribution in [1.29, 1.82) is 0 Å². The van der Waals surface area contributed by atoms with Crippen LogP contribution in [0.1, 0.15) is 43.8 Å². The van der Waals surface area contributed by atoms with Gasteiger partial charge in [-0.2, -0.15) is 0 Å². The van der Waals surface area contributed by atoms with Gasteiger partial charge in [0.1, 0.15) is 11.1 Å². The van der Waals surface area contributed by atoms with E-state index in [2.05, 4.69) is 10.3 Å². The molecular formula is C18H23ClN2O2S. The van der Waals surface area contributed by atoms with Gasteiger partial charge in [0, 0.05) is 17.2 Å². The number of amides is 1. The Balaban J connectivity index is 2.14. The van der Waals surface area contributed by atoms with E-state index in [9.17, 15) is 4.79 Å². The molecule has 6 heteroatoms. The third kappa shape index (κ3) is 4.56. The molecule has 0 aliphatic carbocycles. The quantitative estimate of drug-likeness (QED) is 0.768. The molecule has 1 amide bonds. The summed E-state index contributed by atoms with van der Waals surface area (Å²) in [5.41, 5.74) is 1.96. The van der Waals surface area contributed by atoms with Crippen molar-refractivity contribution in [2.75, 3.05) is 6.61 Å². The van der Waals surface area contributed by atoms with E-state index in [4.69, 9.17) is 16.3 Å². The fourth-order valence-electron chi connectivity index (χ4n) is 2.48. The van der Waals surface area contributed by atoms with Gasteiger partial charge < -0.3 is 10.1 Å². The van der Waals surface area contributed by atoms with Gasteiger partial charge in [0.15, 0.2) is 0 Å². The Morgan fingerprint density at radius 2 is 2.00 bits per heavy atom. The number of aryl methyl sites for hydroxylation is 1. The number of benzene rings is 1. The molecule has 0 saturated heterocycles. The first kappa shape index (κ1) is 18.9. The van der Waals surface area contributed by atoms with E-state index in [-0.39, 0.29) is 11.9 Å². The normalized spacial score (nSPS) is 13.5. The van der Waals surface area contributed by atoms with Crippen LogP contribution in [-0.4, -0.2) is 23.6 Å². The highest BCUT2D eigenvalue weighted by atomic mass is 35.5. The highest BCUT2D eigenvalue weighted by Gasteiger charge is 2.22. The lowest BCUT2D eigenvalue weighted by Gasteiger charge is -2.18. The van der Waals surface area contributed by atoms with Crippen molar-refractivity contribution in [2.24, 2.45) is 0 Å². The molecule has 0 aliphatic heterocycles. The van der Waals surface area contributed by atoms with Crippen molar-refractivity contribution in [3.63, 3.8) is 0 Å². The van der Waals surface area contributed by atoms with Gasteiger partial charge in [-0.05, 0) is 39.3 Å². The predicted molar refractivity (Wildman–Crippen MR) is 99.6 cm³/mol. The molecule has 4 nitrogen and oxygen atoms in total. The summed E-state index contributed by atoms with van der Waals surface area (Å²) in [5, 5.41) is 4.66. The predicted octanol–water partition coefficient (Wildman–Crippen LogP) is 4.76. The first-order valence-corrected chi connectivity index (χ1v) is 9.30. The first-order chi connectivity index (χ1) is 11.5.